The van der Waals surface area contributed by atoms with E-state index in [0.717, 1.165) is 12.0 Å². The Morgan fingerprint density at radius 1 is 1.46 bits per heavy atom. The summed E-state index contributed by atoms with van der Waals surface area (Å²) < 4.78 is 18.1. The smallest absolute Gasteiger partial charge is 0.142 e. The van der Waals surface area contributed by atoms with E-state index >= 15 is 0 Å². The second-order valence-electron chi connectivity index (χ2n) is 2.65. The molecule has 0 fully saturated rings. The summed E-state index contributed by atoms with van der Waals surface area (Å²) in [4.78, 5) is 0. The molecule has 3 heteroatoms. The van der Waals surface area contributed by atoms with Gasteiger partial charge in [0.15, 0.2) is 0 Å². The largest absolute Gasteiger partial charge is 0.377 e. The summed E-state index contributed by atoms with van der Waals surface area (Å²) >= 11 is 5.52. The lowest BCUT2D eigenvalue weighted by atomic mass is 10.2. The molecule has 0 heterocycles. The van der Waals surface area contributed by atoms with E-state index in [0.29, 0.717) is 13.2 Å². The summed E-state index contributed by atoms with van der Waals surface area (Å²) in [5.74, 6) is -0.405. The number of hydrogen-bond acceptors (Lipinski definition) is 1. The highest BCUT2D eigenvalue weighted by Crippen LogP contribution is 2.15. The van der Waals surface area contributed by atoms with Gasteiger partial charge in [-0.25, -0.2) is 4.39 Å². The molecule has 71 valence electrons. The Kier molecular flexibility index (Phi) is 4.19. The lowest BCUT2D eigenvalue weighted by Gasteiger charge is -2.03. The van der Waals surface area contributed by atoms with Crippen LogP contribution < -0.4 is 0 Å². The van der Waals surface area contributed by atoms with Crippen LogP contribution in [0.1, 0.15) is 12.0 Å². The van der Waals surface area contributed by atoms with Crippen molar-refractivity contribution in [3.63, 3.8) is 0 Å². The molecule has 0 N–H and O–H groups in total. The van der Waals surface area contributed by atoms with Gasteiger partial charge in [0, 0.05) is 6.61 Å². The van der Waals surface area contributed by atoms with Gasteiger partial charge in [-0.15, -0.1) is 0 Å². The first-order valence-corrected chi connectivity index (χ1v) is 4.42. The molecule has 0 saturated carbocycles. The van der Waals surface area contributed by atoms with Gasteiger partial charge in [-0.1, -0.05) is 24.6 Å². The topological polar surface area (TPSA) is 9.23 Å². The highest BCUT2D eigenvalue weighted by atomic mass is 35.5. The summed E-state index contributed by atoms with van der Waals surface area (Å²) in [6.45, 7) is 4.62. The van der Waals surface area contributed by atoms with E-state index in [9.17, 15) is 4.39 Å². The van der Waals surface area contributed by atoms with Gasteiger partial charge in [0.2, 0.25) is 0 Å². The minimum atomic E-state index is -0.405. The predicted octanol–water partition coefficient (Wildman–Crippen LogP) is 3.22. The molecule has 1 nitrogen and oxygen atoms in total. The zero-order valence-corrected chi connectivity index (χ0v) is 7.98. The van der Waals surface area contributed by atoms with Gasteiger partial charge < -0.3 is 4.74 Å². The molecular weight excluding hydrogens is 191 g/mol. The van der Waals surface area contributed by atoms with Crippen molar-refractivity contribution in [2.45, 2.75) is 13.0 Å². The molecule has 13 heavy (non-hydrogen) atoms. The van der Waals surface area contributed by atoms with Gasteiger partial charge in [-0.05, 0) is 24.1 Å². The summed E-state index contributed by atoms with van der Waals surface area (Å²) in [6, 6.07) is 4.65. The molecule has 0 aromatic heterocycles. The van der Waals surface area contributed by atoms with Crippen LogP contribution in [0.2, 0.25) is 5.02 Å². The van der Waals surface area contributed by atoms with Crippen LogP contribution in [0.5, 0.6) is 0 Å². The van der Waals surface area contributed by atoms with Crippen molar-refractivity contribution in [3.05, 3.63) is 41.5 Å². The van der Waals surface area contributed by atoms with Crippen molar-refractivity contribution in [2.75, 3.05) is 6.61 Å². The summed E-state index contributed by atoms with van der Waals surface area (Å²) in [7, 11) is 0. The Morgan fingerprint density at radius 2 is 2.23 bits per heavy atom. The average molecular weight is 202 g/mol. The quantitative estimate of drug-likeness (QED) is 0.680. The van der Waals surface area contributed by atoms with Crippen LogP contribution in [0.25, 0.3) is 0 Å². The zero-order valence-electron chi connectivity index (χ0n) is 7.22. The van der Waals surface area contributed by atoms with E-state index in [1.54, 1.807) is 6.07 Å². The summed E-state index contributed by atoms with van der Waals surface area (Å²) in [5, 5.41) is 0.140. The molecule has 0 spiro atoms. The molecule has 0 atom stereocenters. The maximum absolute atomic E-state index is 12.9. The van der Waals surface area contributed by atoms with Crippen molar-refractivity contribution in [2.24, 2.45) is 0 Å². The first-order valence-electron chi connectivity index (χ1n) is 4.05. The second-order valence-corrected chi connectivity index (χ2v) is 3.06. The van der Waals surface area contributed by atoms with E-state index < -0.39 is 5.82 Å². The van der Waals surface area contributed by atoms with Crippen LogP contribution in [0, 0.1) is 12.7 Å². The Balaban J connectivity index is 2.53. The Hall–Kier alpha value is -0.600. The van der Waals surface area contributed by atoms with E-state index in [4.69, 9.17) is 16.3 Å². The van der Waals surface area contributed by atoms with E-state index in [2.05, 4.69) is 6.92 Å². The summed E-state index contributed by atoms with van der Waals surface area (Å²) in [5.41, 5.74) is 0.787. The fourth-order valence-electron chi connectivity index (χ4n) is 0.921. The fraction of sp³-hybridized carbons (Fsp3) is 0.300. The van der Waals surface area contributed by atoms with Crippen LogP contribution in [-0.2, 0) is 11.3 Å². The number of halogens is 2. The predicted molar refractivity (Wildman–Crippen MR) is 51.0 cm³/mol. The SMILES string of the molecule is [CH2]CCOCc1ccc(Cl)c(F)c1. The number of benzene rings is 1. The second kappa shape index (κ2) is 5.20. The first kappa shape index (κ1) is 10.5. The van der Waals surface area contributed by atoms with Gasteiger partial charge in [0.05, 0.1) is 11.6 Å². The van der Waals surface area contributed by atoms with E-state index in [-0.39, 0.29) is 5.02 Å². The molecule has 0 unspecified atom stereocenters. The number of hydrogen-bond donors (Lipinski definition) is 0. The Morgan fingerprint density at radius 3 is 2.85 bits per heavy atom. The third kappa shape index (κ3) is 3.33. The van der Waals surface area contributed by atoms with E-state index in [1.165, 1.54) is 12.1 Å². The monoisotopic (exact) mass is 201 g/mol. The van der Waals surface area contributed by atoms with Crippen molar-refractivity contribution >= 4 is 11.6 Å². The van der Waals surface area contributed by atoms with Crippen molar-refractivity contribution in [1.82, 2.24) is 0 Å². The average Bonchev–Trinajstić information content (AvgIpc) is 2.12. The lowest BCUT2D eigenvalue weighted by molar-refractivity contribution is 0.125. The number of ether oxygens (including phenoxy) is 1. The lowest BCUT2D eigenvalue weighted by Crippen LogP contribution is -1.94. The van der Waals surface area contributed by atoms with Gasteiger partial charge >= 0.3 is 0 Å². The van der Waals surface area contributed by atoms with Crippen molar-refractivity contribution in [1.29, 1.82) is 0 Å². The van der Waals surface area contributed by atoms with Crippen LogP contribution in [0.4, 0.5) is 4.39 Å². The molecule has 0 aliphatic rings. The highest BCUT2D eigenvalue weighted by Gasteiger charge is 2.00. The molecular formula is C10H11ClFO. The van der Waals surface area contributed by atoms with Crippen LogP contribution in [-0.4, -0.2) is 6.61 Å². The van der Waals surface area contributed by atoms with Gasteiger partial charge in [0.1, 0.15) is 5.82 Å². The normalized spacial score (nSPS) is 10.4. The Bertz CT molecular complexity index is 276. The number of rotatable bonds is 4. The molecule has 0 amide bonds. The van der Waals surface area contributed by atoms with Crippen molar-refractivity contribution in [3.8, 4) is 0 Å². The summed E-state index contributed by atoms with van der Waals surface area (Å²) in [6.07, 6.45) is 0.718. The molecule has 0 aliphatic heterocycles. The maximum atomic E-state index is 12.9. The van der Waals surface area contributed by atoms with Gasteiger partial charge in [-0.3, -0.25) is 0 Å². The third-order valence-electron chi connectivity index (χ3n) is 1.54. The van der Waals surface area contributed by atoms with E-state index in [1.807, 2.05) is 0 Å². The molecule has 1 radical (unpaired) electrons. The minimum Gasteiger partial charge on any atom is -0.377 e. The van der Waals surface area contributed by atoms with Crippen LogP contribution >= 0.6 is 11.6 Å². The zero-order chi connectivity index (χ0) is 9.68. The van der Waals surface area contributed by atoms with Gasteiger partial charge in [-0.2, -0.15) is 0 Å². The molecule has 1 aromatic carbocycles. The maximum Gasteiger partial charge on any atom is 0.142 e. The first-order chi connectivity index (χ1) is 6.24. The standard InChI is InChI=1S/C10H11ClFO/c1-2-5-13-7-8-3-4-9(11)10(12)6-8/h3-4,6H,1-2,5,7H2. The molecule has 0 aliphatic carbocycles. The third-order valence-corrected chi connectivity index (χ3v) is 1.85. The van der Waals surface area contributed by atoms with Crippen LogP contribution in [0.15, 0.2) is 18.2 Å². The minimum absolute atomic E-state index is 0.140. The molecule has 0 bridgehead atoms. The molecule has 1 rings (SSSR count). The Labute approximate surface area is 82.5 Å². The highest BCUT2D eigenvalue weighted by molar-refractivity contribution is 6.30. The fourth-order valence-corrected chi connectivity index (χ4v) is 1.04. The van der Waals surface area contributed by atoms with Crippen molar-refractivity contribution < 1.29 is 9.13 Å². The van der Waals surface area contributed by atoms with Crippen LogP contribution in [0.3, 0.4) is 0 Å². The molecule has 0 saturated heterocycles. The van der Waals surface area contributed by atoms with Gasteiger partial charge in [0.25, 0.3) is 0 Å². The molecule has 1 aromatic rings.